The minimum Gasteiger partial charge on any atom is -0.165 e. The van der Waals surface area contributed by atoms with Crippen LogP contribution in [0.25, 0.3) is 10.8 Å². The molecule has 0 N–H and O–H groups in total. The van der Waals surface area contributed by atoms with Gasteiger partial charge in [-0.25, -0.2) is 0 Å². The van der Waals surface area contributed by atoms with Crippen molar-refractivity contribution < 1.29 is 0 Å². The summed E-state index contributed by atoms with van der Waals surface area (Å²) in [7, 11) is 0. The number of hydrogen-bond donors (Lipinski definition) is 0. The summed E-state index contributed by atoms with van der Waals surface area (Å²) in [6.07, 6.45) is 2.14. The molecule has 0 aliphatic rings. The van der Waals surface area contributed by atoms with E-state index in [0.29, 0.717) is 0 Å². The van der Waals surface area contributed by atoms with Crippen molar-refractivity contribution in [3.05, 3.63) is 41.4 Å². The van der Waals surface area contributed by atoms with E-state index in [1.165, 1.54) is 27.2 Å². The highest BCUT2D eigenvalue weighted by Gasteiger charge is 1.98. The van der Waals surface area contributed by atoms with Gasteiger partial charge < -0.3 is 0 Å². The van der Waals surface area contributed by atoms with E-state index >= 15 is 0 Å². The average Bonchev–Trinajstić information content (AvgIpc) is 2.29. The van der Waals surface area contributed by atoms with Crippen LogP contribution >= 0.6 is 35.1 Å². The molecule has 0 radical (unpaired) electrons. The molecule has 16 heavy (non-hydrogen) atoms. The number of thioether (sulfide) groups is 2. The Hall–Kier alpha value is -0.310. The number of hydrogen-bond acceptors (Lipinski definition) is 2. The van der Waals surface area contributed by atoms with E-state index in [2.05, 4.69) is 30.5 Å². The standard InChI is InChI=1S/C13H13ClS2/c1-15-6-7-16-13-5-3-10-8-12(14)4-2-11(10)9-13/h2-5,8-9H,6-7H2,1H3. The molecular formula is C13H13ClS2. The van der Waals surface area contributed by atoms with E-state index in [-0.39, 0.29) is 0 Å². The van der Waals surface area contributed by atoms with E-state index in [1.807, 2.05) is 35.7 Å². The lowest BCUT2D eigenvalue weighted by molar-refractivity contribution is 1.47. The predicted molar refractivity (Wildman–Crippen MR) is 78.1 cm³/mol. The summed E-state index contributed by atoms with van der Waals surface area (Å²) in [6.45, 7) is 0. The summed E-state index contributed by atoms with van der Waals surface area (Å²) in [4.78, 5) is 1.34. The summed E-state index contributed by atoms with van der Waals surface area (Å²) in [6, 6.07) is 12.6. The van der Waals surface area contributed by atoms with E-state index in [0.717, 1.165) is 5.02 Å². The Morgan fingerprint density at radius 2 is 1.75 bits per heavy atom. The van der Waals surface area contributed by atoms with E-state index < -0.39 is 0 Å². The first-order valence-electron chi connectivity index (χ1n) is 5.10. The maximum absolute atomic E-state index is 5.95. The molecule has 84 valence electrons. The number of benzene rings is 2. The normalized spacial score (nSPS) is 10.9. The number of rotatable bonds is 4. The zero-order valence-electron chi connectivity index (χ0n) is 9.07. The summed E-state index contributed by atoms with van der Waals surface area (Å²) in [5, 5.41) is 3.27. The highest BCUT2D eigenvalue weighted by molar-refractivity contribution is 8.02. The fourth-order valence-electron chi connectivity index (χ4n) is 1.53. The Morgan fingerprint density at radius 1 is 1.00 bits per heavy atom. The van der Waals surface area contributed by atoms with Crippen molar-refractivity contribution in [3.8, 4) is 0 Å². The van der Waals surface area contributed by atoms with Crippen LogP contribution in [0.1, 0.15) is 0 Å². The van der Waals surface area contributed by atoms with Crippen LogP contribution in [0.5, 0.6) is 0 Å². The Bertz CT molecular complexity index is 482. The van der Waals surface area contributed by atoms with Crippen LogP contribution in [0.4, 0.5) is 0 Å². The van der Waals surface area contributed by atoms with Crippen molar-refractivity contribution in [1.82, 2.24) is 0 Å². The van der Waals surface area contributed by atoms with Gasteiger partial charge in [-0.2, -0.15) is 11.8 Å². The zero-order valence-corrected chi connectivity index (χ0v) is 11.5. The van der Waals surface area contributed by atoms with Crippen molar-refractivity contribution in [2.75, 3.05) is 17.8 Å². The summed E-state index contributed by atoms with van der Waals surface area (Å²) in [5.74, 6) is 2.36. The molecule has 2 aromatic carbocycles. The first-order chi connectivity index (χ1) is 7.79. The average molecular weight is 269 g/mol. The molecule has 0 heterocycles. The summed E-state index contributed by atoms with van der Waals surface area (Å²) >= 11 is 9.75. The maximum atomic E-state index is 5.95. The fourth-order valence-corrected chi connectivity index (χ4v) is 3.32. The van der Waals surface area contributed by atoms with Gasteiger partial charge in [0.15, 0.2) is 0 Å². The van der Waals surface area contributed by atoms with Gasteiger partial charge in [0.05, 0.1) is 0 Å². The molecule has 0 bridgehead atoms. The molecule has 0 saturated carbocycles. The Balaban J connectivity index is 2.20. The lowest BCUT2D eigenvalue weighted by Crippen LogP contribution is -1.82. The molecule has 0 saturated heterocycles. The Morgan fingerprint density at radius 3 is 2.56 bits per heavy atom. The molecule has 0 fully saturated rings. The van der Waals surface area contributed by atoms with Gasteiger partial charge >= 0.3 is 0 Å². The first kappa shape index (κ1) is 12.2. The van der Waals surface area contributed by atoms with Gasteiger partial charge in [0.1, 0.15) is 0 Å². The van der Waals surface area contributed by atoms with E-state index in [1.54, 1.807) is 0 Å². The Kier molecular flexibility index (Phi) is 4.45. The minimum atomic E-state index is 0.801. The molecule has 0 amide bonds. The maximum Gasteiger partial charge on any atom is 0.0412 e. The molecule has 0 aliphatic heterocycles. The van der Waals surface area contributed by atoms with Crippen LogP contribution < -0.4 is 0 Å². The quantitative estimate of drug-likeness (QED) is 0.569. The second-order valence-electron chi connectivity index (χ2n) is 3.49. The van der Waals surface area contributed by atoms with Gasteiger partial charge in [-0.3, -0.25) is 0 Å². The topological polar surface area (TPSA) is 0 Å². The second kappa shape index (κ2) is 5.85. The van der Waals surface area contributed by atoms with Gasteiger partial charge in [-0.05, 0) is 41.3 Å². The van der Waals surface area contributed by atoms with Gasteiger partial charge in [0, 0.05) is 21.4 Å². The molecular weight excluding hydrogens is 256 g/mol. The highest BCUT2D eigenvalue weighted by atomic mass is 35.5. The third-order valence-corrected chi connectivity index (χ3v) is 4.43. The van der Waals surface area contributed by atoms with Crippen LogP contribution in [0, 0.1) is 0 Å². The fraction of sp³-hybridized carbons (Fsp3) is 0.231. The third-order valence-electron chi connectivity index (χ3n) is 2.33. The molecule has 0 aromatic heterocycles. The molecule has 0 atom stereocenters. The molecule has 0 spiro atoms. The van der Waals surface area contributed by atoms with Gasteiger partial charge in [0.2, 0.25) is 0 Å². The van der Waals surface area contributed by atoms with E-state index in [4.69, 9.17) is 11.6 Å². The molecule has 2 rings (SSSR count). The number of halogens is 1. The van der Waals surface area contributed by atoms with Crippen LogP contribution in [0.15, 0.2) is 41.3 Å². The van der Waals surface area contributed by atoms with Crippen molar-refractivity contribution in [2.45, 2.75) is 4.90 Å². The number of fused-ring (bicyclic) bond motifs is 1. The van der Waals surface area contributed by atoms with Crippen molar-refractivity contribution in [2.24, 2.45) is 0 Å². The smallest absolute Gasteiger partial charge is 0.0412 e. The SMILES string of the molecule is CSCCSc1ccc2cc(Cl)ccc2c1. The molecule has 0 nitrogen and oxygen atoms in total. The molecule has 2 aromatic rings. The van der Waals surface area contributed by atoms with Gasteiger partial charge in [-0.15, -0.1) is 11.8 Å². The van der Waals surface area contributed by atoms with Crippen molar-refractivity contribution in [1.29, 1.82) is 0 Å². The zero-order chi connectivity index (χ0) is 11.4. The van der Waals surface area contributed by atoms with Crippen LogP contribution in [0.3, 0.4) is 0 Å². The van der Waals surface area contributed by atoms with Crippen molar-refractivity contribution >= 4 is 45.9 Å². The first-order valence-corrected chi connectivity index (χ1v) is 7.86. The largest absolute Gasteiger partial charge is 0.165 e. The van der Waals surface area contributed by atoms with Gasteiger partial charge in [-0.1, -0.05) is 23.7 Å². The van der Waals surface area contributed by atoms with Crippen LogP contribution in [-0.2, 0) is 0 Å². The molecule has 3 heteroatoms. The van der Waals surface area contributed by atoms with Crippen LogP contribution in [0.2, 0.25) is 5.02 Å². The predicted octanol–water partition coefficient (Wildman–Crippen LogP) is 4.95. The lowest BCUT2D eigenvalue weighted by Gasteiger charge is -2.03. The minimum absolute atomic E-state index is 0.801. The van der Waals surface area contributed by atoms with Crippen molar-refractivity contribution in [3.63, 3.8) is 0 Å². The molecule has 0 unspecified atom stereocenters. The summed E-state index contributed by atoms with van der Waals surface area (Å²) < 4.78 is 0. The monoisotopic (exact) mass is 268 g/mol. The molecule has 0 aliphatic carbocycles. The van der Waals surface area contributed by atoms with Gasteiger partial charge in [0.25, 0.3) is 0 Å². The van der Waals surface area contributed by atoms with E-state index in [9.17, 15) is 0 Å². The van der Waals surface area contributed by atoms with Crippen LogP contribution in [-0.4, -0.2) is 17.8 Å². The summed E-state index contributed by atoms with van der Waals surface area (Å²) in [5.41, 5.74) is 0. The highest BCUT2D eigenvalue weighted by Crippen LogP contribution is 2.25. The lowest BCUT2D eigenvalue weighted by atomic mass is 10.1. The Labute approximate surface area is 110 Å². The third kappa shape index (κ3) is 3.09. The second-order valence-corrected chi connectivity index (χ2v) is 6.08.